The van der Waals surface area contributed by atoms with E-state index < -0.39 is 0 Å². The van der Waals surface area contributed by atoms with Crippen LogP contribution >= 0.6 is 27.7 Å². The fraction of sp³-hybridized carbons (Fsp3) is 0.0769. The van der Waals surface area contributed by atoms with E-state index in [1.807, 2.05) is 36.4 Å². The molecule has 0 saturated carbocycles. The minimum Gasteiger partial charge on any atom is -0.258 e. The van der Waals surface area contributed by atoms with Gasteiger partial charge in [0, 0.05) is 16.3 Å². The van der Waals surface area contributed by atoms with Crippen molar-refractivity contribution in [1.29, 1.82) is 0 Å². The minimum absolute atomic E-state index is 0.144. The summed E-state index contributed by atoms with van der Waals surface area (Å²) in [6.07, 6.45) is 0. The molecular weight excluding hydrogens is 314 g/mol. The zero-order valence-corrected chi connectivity index (χ0v) is 11.8. The maximum atomic E-state index is 11.0. The van der Waals surface area contributed by atoms with Gasteiger partial charge in [0.2, 0.25) is 0 Å². The smallest absolute Gasteiger partial charge is 0.258 e. The molecule has 0 aliphatic carbocycles. The number of benzene rings is 2. The standard InChI is InChI=1S/C13H10BrNO2S/c14-11-6-7-13(12(8-11)15(16)17)18-9-10-4-2-1-3-5-10/h1-8H,9H2. The molecule has 0 unspecified atom stereocenters. The summed E-state index contributed by atoms with van der Waals surface area (Å²) in [6, 6.07) is 15.0. The Morgan fingerprint density at radius 3 is 2.56 bits per heavy atom. The van der Waals surface area contributed by atoms with E-state index in [-0.39, 0.29) is 10.6 Å². The number of halogens is 1. The number of rotatable bonds is 4. The average molecular weight is 324 g/mol. The normalized spacial score (nSPS) is 10.3. The van der Waals surface area contributed by atoms with E-state index >= 15 is 0 Å². The summed E-state index contributed by atoms with van der Waals surface area (Å²) in [6.45, 7) is 0. The van der Waals surface area contributed by atoms with Crippen LogP contribution in [0.15, 0.2) is 57.9 Å². The van der Waals surface area contributed by atoms with Gasteiger partial charge in [0.15, 0.2) is 0 Å². The van der Waals surface area contributed by atoms with Crippen molar-refractivity contribution < 1.29 is 4.92 Å². The summed E-state index contributed by atoms with van der Waals surface area (Å²) in [4.78, 5) is 11.3. The van der Waals surface area contributed by atoms with Crippen LogP contribution in [0.1, 0.15) is 5.56 Å². The Morgan fingerprint density at radius 1 is 1.17 bits per heavy atom. The van der Waals surface area contributed by atoms with E-state index in [9.17, 15) is 10.1 Å². The molecule has 0 N–H and O–H groups in total. The average Bonchev–Trinajstić information content (AvgIpc) is 2.38. The Hall–Kier alpha value is -1.33. The molecule has 3 nitrogen and oxygen atoms in total. The van der Waals surface area contributed by atoms with E-state index in [4.69, 9.17) is 0 Å². The summed E-state index contributed by atoms with van der Waals surface area (Å²) in [7, 11) is 0. The van der Waals surface area contributed by atoms with Gasteiger partial charge in [-0.25, -0.2) is 0 Å². The van der Waals surface area contributed by atoms with Gasteiger partial charge >= 0.3 is 0 Å². The molecule has 0 heterocycles. The Bertz CT molecular complexity index is 560. The molecule has 0 bridgehead atoms. The highest BCUT2D eigenvalue weighted by Gasteiger charge is 2.14. The SMILES string of the molecule is O=[N+]([O-])c1cc(Br)ccc1SCc1ccccc1. The zero-order chi connectivity index (χ0) is 13.0. The predicted molar refractivity (Wildman–Crippen MR) is 76.8 cm³/mol. The van der Waals surface area contributed by atoms with Gasteiger partial charge in [-0.3, -0.25) is 10.1 Å². The fourth-order valence-electron chi connectivity index (χ4n) is 1.49. The van der Waals surface area contributed by atoms with E-state index in [0.29, 0.717) is 4.90 Å². The molecule has 0 atom stereocenters. The van der Waals surface area contributed by atoms with Crippen LogP contribution in [0.4, 0.5) is 5.69 Å². The molecule has 2 rings (SSSR count). The lowest BCUT2D eigenvalue weighted by Crippen LogP contribution is -1.91. The van der Waals surface area contributed by atoms with Crippen molar-refractivity contribution in [3.8, 4) is 0 Å². The van der Waals surface area contributed by atoms with Crippen molar-refractivity contribution in [2.24, 2.45) is 0 Å². The van der Waals surface area contributed by atoms with Gasteiger partial charge in [-0.1, -0.05) is 46.3 Å². The largest absolute Gasteiger partial charge is 0.284 e. The third-order valence-electron chi connectivity index (χ3n) is 2.35. The van der Waals surface area contributed by atoms with Gasteiger partial charge < -0.3 is 0 Å². The number of nitro groups is 1. The molecule has 92 valence electrons. The van der Waals surface area contributed by atoms with Crippen LogP contribution in [0.25, 0.3) is 0 Å². The molecule has 2 aromatic carbocycles. The Balaban J connectivity index is 2.17. The quantitative estimate of drug-likeness (QED) is 0.467. The number of nitrogens with zero attached hydrogens (tertiary/aromatic N) is 1. The van der Waals surface area contributed by atoms with Gasteiger partial charge in [0.1, 0.15) is 0 Å². The highest BCUT2D eigenvalue weighted by molar-refractivity contribution is 9.10. The molecular formula is C13H10BrNO2S. The summed E-state index contributed by atoms with van der Waals surface area (Å²) in [5.41, 5.74) is 1.30. The van der Waals surface area contributed by atoms with E-state index in [1.54, 1.807) is 6.07 Å². The van der Waals surface area contributed by atoms with Crippen LogP contribution in [-0.2, 0) is 5.75 Å². The first-order valence-corrected chi connectivity index (χ1v) is 7.05. The van der Waals surface area contributed by atoms with E-state index in [2.05, 4.69) is 15.9 Å². The van der Waals surface area contributed by atoms with Crippen LogP contribution in [0.5, 0.6) is 0 Å². The molecule has 0 amide bonds. The van der Waals surface area contributed by atoms with Crippen molar-refractivity contribution in [3.05, 3.63) is 68.7 Å². The second kappa shape index (κ2) is 6.02. The van der Waals surface area contributed by atoms with Crippen LogP contribution < -0.4 is 0 Å². The minimum atomic E-state index is -0.349. The van der Waals surface area contributed by atoms with Crippen LogP contribution in [0.2, 0.25) is 0 Å². The van der Waals surface area contributed by atoms with E-state index in [1.165, 1.54) is 17.8 Å². The number of hydrogen-bond acceptors (Lipinski definition) is 3. The summed E-state index contributed by atoms with van der Waals surface area (Å²) in [5, 5.41) is 11.0. The molecule has 0 fully saturated rings. The lowest BCUT2D eigenvalue weighted by Gasteiger charge is -2.03. The van der Waals surface area contributed by atoms with Crippen molar-refractivity contribution >= 4 is 33.4 Å². The van der Waals surface area contributed by atoms with Gasteiger partial charge in [-0.2, -0.15) is 0 Å². The maximum Gasteiger partial charge on any atom is 0.284 e. The highest BCUT2D eigenvalue weighted by atomic mass is 79.9. The Morgan fingerprint density at radius 2 is 1.89 bits per heavy atom. The molecule has 0 aromatic heterocycles. The number of hydrogen-bond donors (Lipinski definition) is 0. The number of nitro benzene ring substituents is 1. The molecule has 0 spiro atoms. The maximum absolute atomic E-state index is 11.0. The highest BCUT2D eigenvalue weighted by Crippen LogP contribution is 2.33. The Kier molecular flexibility index (Phi) is 4.38. The monoisotopic (exact) mass is 323 g/mol. The second-order valence-electron chi connectivity index (χ2n) is 3.64. The van der Waals surface area contributed by atoms with Crippen molar-refractivity contribution in [2.75, 3.05) is 0 Å². The van der Waals surface area contributed by atoms with Gasteiger partial charge in [-0.15, -0.1) is 11.8 Å². The third-order valence-corrected chi connectivity index (χ3v) is 3.98. The second-order valence-corrected chi connectivity index (χ2v) is 5.58. The third kappa shape index (κ3) is 3.34. The molecule has 0 aliphatic rings. The molecule has 18 heavy (non-hydrogen) atoms. The van der Waals surface area contributed by atoms with Gasteiger partial charge in [-0.05, 0) is 17.7 Å². The predicted octanol–water partition coefficient (Wildman–Crippen LogP) is 4.65. The van der Waals surface area contributed by atoms with Crippen LogP contribution in [0, 0.1) is 10.1 Å². The first kappa shape index (κ1) is 13.1. The molecule has 0 radical (unpaired) electrons. The zero-order valence-electron chi connectivity index (χ0n) is 9.38. The van der Waals surface area contributed by atoms with Gasteiger partial charge in [0.25, 0.3) is 5.69 Å². The molecule has 0 aliphatic heterocycles. The fourth-order valence-corrected chi connectivity index (χ4v) is 2.80. The lowest BCUT2D eigenvalue weighted by atomic mass is 10.2. The van der Waals surface area contributed by atoms with Crippen molar-refractivity contribution in [2.45, 2.75) is 10.6 Å². The lowest BCUT2D eigenvalue weighted by molar-refractivity contribution is -0.387. The first-order chi connectivity index (χ1) is 8.66. The first-order valence-electron chi connectivity index (χ1n) is 5.27. The van der Waals surface area contributed by atoms with E-state index in [0.717, 1.165) is 15.8 Å². The summed E-state index contributed by atoms with van der Waals surface area (Å²) in [5.74, 6) is 0.726. The topological polar surface area (TPSA) is 43.1 Å². The number of thioether (sulfide) groups is 1. The molecule has 5 heteroatoms. The summed E-state index contributed by atoms with van der Waals surface area (Å²) < 4.78 is 0.721. The molecule has 0 saturated heterocycles. The van der Waals surface area contributed by atoms with Crippen molar-refractivity contribution in [1.82, 2.24) is 0 Å². The van der Waals surface area contributed by atoms with Gasteiger partial charge in [0.05, 0.1) is 9.82 Å². The summed E-state index contributed by atoms with van der Waals surface area (Å²) >= 11 is 4.72. The molecule has 2 aromatic rings. The van der Waals surface area contributed by atoms with Crippen LogP contribution in [0.3, 0.4) is 0 Å². The Labute approximate surface area is 117 Å². The van der Waals surface area contributed by atoms with Crippen molar-refractivity contribution in [3.63, 3.8) is 0 Å². The van der Waals surface area contributed by atoms with Crippen LogP contribution in [-0.4, -0.2) is 4.92 Å².